The monoisotopic (exact) mass is 297 g/mol. The van der Waals surface area contributed by atoms with Crippen molar-refractivity contribution in [1.29, 1.82) is 0 Å². The van der Waals surface area contributed by atoms with E-state index in [1.54, 1.807) is 29.2 Å². The molecule has 20 heavy (non-hydrogen) atoms. The summed E-state index contributed by atoms with van der Waals surface area (Å²) >= 11 is 5.79. The summed E-state index contributed by atoms with van der Waals surface area (Å²) < 4.78 is 5.41. The normalized spacial score (nSPS) is 21.7. The van der Waals surface area contributed by atoms with Crippen LogP contribution in [0.4, 0.5) is 0 Å². The molecule has 1 aliphatic rings. The molecule has 1 amide bonds. The SMILES string of the molecule is CC[NH+]1CCC[C@H]1CNC(=O)COc1ccc(Cl)cc1. The first-order valence-corrected chi connectivity index (χ1v) is 7.56. The lowest BCUT2D eigenvalue weighted by atomic mass is 10.2. The number of nitrogens with one attached hydrogen (secondary N) is 2. The molecule has 1 aliphatic heterocycles. The molecule has 0 saturated carbocycles. The Kier molecular flexibility index (Phi) is 5.68. The van der Waals surface area contributed by atoms with Crippen LogP contribution in [-0.2, 0) is 4.79 Å². The molecular weight excluding hydrogens is 276 g/mol. The van der Waals surface area contributed by atoms with Crippen LogP contribution in [0.5, 0.6) is 5.75 Å². The predicted molar refractivity (Wildman–Crippen MR) is 79.3 cm³/mol. The fraction of sp³-hybridized carbons (Fsp3) is 0.533. The van der Waals surface area contributed by atoms with Gasteiger partial charge in [0.05, 0.1) is 19.6 Å². The number of quaternary nitrogens is 1. The maximum Gasteiger partial charge on any atom is 0.258 e. The molecule has 0 spiro atoms. The number of hydrogen-bond donors (Lipinski definition) is 2. The van der Waals surface area contributed by atoms with Gasteiger partial charge in [0.2, 0.25) is 0 Å². The number of carbonyl (C=O) groups is 1. The van der Waals surface area contributed by atoms with Crippen molar-refractivity contribution >= 4 is 17.5 Å². The van der Waals surface area contributed by atoms with Gasteiger partial charge in [-0.2, -0.15) is 0 Å². The summed E-state index contributed by atoms with van der Waals surface area (Å²) in [5.74, 6) is 0.591. The van der Waals surface area contributed by atoms with E-state index in [2.05, 4.69) is 12.2 Å². The maximum atomic E-state index is 11.8. The second-order valence-electron chi connectivity index (χ2n) is 5.15. The lowest BCUT2D eigenvalue weighted by Gasteiger charge is -2.20. The molecule has 110 valence electrons. The largest absolute Gasteiger partial charge is 0.484 e. The minimum absolute atomic E-state index is 0.0514. The van der Waals surface area contributed by atoms with E-state index >= 15 is 0 Å². The van der Waals surface area contributed by atoms with Gasteiger partial charge in [0.15, 0.2) is 6.61 Å². The number of ether oxygens (including phenoxy) is 1. The summed E-state index contributed by atoms with van der Waals surface area (Å²) in [6.45, 7) is 5.33. The van der Waals surface area contributed by atoms with E-state index in [0.717, 1.165) is 13.1 Å². The van der Waals surface area contributed by atoms with E-state index in [-0.39, 0.29) is 12.5 Å². The zero-order valence-electron chi connectivity index (χ0n) is 11.8. The van der Waals surface area contributed by atoms with Crippen LogP contribution in [0, 0.1) is 0 Å². The van der Waals surface area contributed by atoms with Crippen molar-refractivity contribution in [2.75, 3.05) is 26.2 Å². The topological polar surface area (TPSA) is 42.8 Å². The number of likely N-dealkylation sites (tertiary alicyclic amines) is 1. The molecule has 1 heterocycles. The van der Waals surface area contributed by atoms with Gasteiger partial charge in [0.1, 0.15) is 11.8 Å². The van der Waals surface area contributed by atoms with Crippen LogP contribution in [0.25, 0.3) is 0 Å². The van der Waals surface area contributed by atoms with Gasteiger partial charge in [0.25, 0.3) is 5.91 Å². The van der Waals surface area contributed by atoms with Crippen molar-refractivity contribution in [2.45, 2.75) is 25.8 Å². The zero-order chi connectivity index (χ0) is 14.4. The van der Waals surface area contributed by atoms with E-state index < -0.39 is 0 Å². The molecule has 5 heteroatoms. The molecule has 1 saturated heterocycles. The average Bonchev–Trinajstić information content (AvgIpc) is 2.92. The van der Waals surface area contributed by atoms with Crippen LogP contribution < -0.4 is 15.0 Å². The Labute approximate surface area is 125 Å². The highest BCUT2D eigenvalue weighted by atomic mass is 35.5. The van der Waals surface area contributed by atoms with Crippen LogP contribution in [-0.4, -0.2) is 38.2 Å². The van der Waals surface area contributed by atoms with Crippen molar-refractivity contribution in [2.24, 2.45) is 0 Å². The van der Waals surface area contributed by atoms with Crippen molar-refractivity contribution in [3.63, 3.8) is 0 Å². The van der Waals surface area contributed by atoms with Crippen LogP contribution in [0.2, 0.25) is 5.02 Å². The minimum atomic E-state index is -0.0673. The summed E-state index contributed by atoms with van der Waals surface area (Å²) in [5, 5.41) is 3.62. The Morgan fingerprint density at radius 2 is 2.20 bits per heavy atom. The Morgan fingerprint density at radius 3 is 2.90 bits per heavy atom. The highest BCUT2D eigenvalue weighted by molar-refractivity contribution is 6.30. The van der Waals surface area contributed by atoms with Gasteiger partial charge in [-0.25, -0.2) is 0 Å². The first-order valence-electron chi connectivity index (χ1n) is 7.18. The van der Waals surface area contributed by atoms with E-state index in [1.165, 1.54) is 19.4 Å². The zero-order valence-corrected chi connectivity index (χ0v) is 12.6. The Bertz CT molecular complexity index is 436. The van der Waals surface area contributed by atoms with Gasteiger partial charge >= 0.3 is 0 Å². The molecule has 0 aliphatic carbocycles. The van der Waals surface area contributed by atoms with Gasteiger partial charge in [-0.05, 0) is 31.2 Å². The van der Waals surface area contributed by atoms with Crippen LogP contribution >= 0.6 is 11.6 Å². The quantitative estimate of drug-likeness (QED) is 0.819. The number of carbonyl (C=O) groups excluding carboxylic acids is 1. The third-order valence-electron chi connectivity index (χ3n) is 3.81. The first-order chi connectivity index (χ1) is 9.69. The number of benzene rings is 1. The molecule has 1 aromatic carbocycles. The molecule has 2 rings (SSSR count). The van der Waals surface area contributed by atoms with Gasteiger partial charge in [0, 0.05) is 17.9 Å². The highest BCUT2D eigenvalue weighted by Gasteiger charge is 2.26. The highest BCUT2D eigenvalue weighted by Crippen LogP contribution is 2.15. The minimum Gasteiger partial charge on any atom is -0.484 e. The molecule has 1 fully saturated rings. The summed E-state index contributed by atoms with van der Waals surface area (Å²) in [4.78, 5) is 13.4. The van der Waals surface area contributed by atoms with E-state index in [0.29, 0.717) is 16.8 Å². The second-order valence-corrected chi connectivity index (χ2v) is 5.58. The summed E-state index contributed by atoms with van der Waals surface area (Å²) in [6, 6.07) is 7.57. The number of rotatable bonds is 6. The van der Waals surface area contributed by atoms with Crippen LogP contribution in [0.1, 0.15) is 19.8 Å². The van der Waals surface area contributed by atoms with Crippen LogP contribution in [0.15, 0.2) is 24.3 Å². The summed E-state index contributed by atoms with van der Waals surface area (Å²) in [6.07, 6.45) is 2.45. The molecule has 1 unspecified atom stereocenters. The fourth-order valence-corrected chi connectivity index (χ4v) is 2.79. The summed E-state index contributed by atoms with van der Waals surface area (Å²) in [7, 11) is 0. The molecule has 2 atom stereocenters. The van der Waals surface area contributed by atoms with Crippen molar-refractivity contribution in [3.8, 4) is 5.75 Å². The molecule has 4 nitrogen and oxygen atoms in total. The molecule has 0 radical (unpaired) electrons. The Balaban J connectivity index is 1.69. The van der Waals surface area contributed by atoms with E-state index in [1.807, 2.05) is 0 Å². The average molecular weight is 298 g/mol. The van der Waals surface area contributed by atoms with Gasteiger partial charge in [-0.1, -0.05) is 11.6 Å². The lowest BCUT2D eigenvalue weighted by Crippen LogP contribution is -3.14. The smallest absolute Gasteiger partial charge is 0.258 e. The number of likely N-dealkylation sites (N-methyl/N-ethyl adjacent to an activating group) is 1. The molecular formula is C15H22ClN2O2+. The predicted octanol–water partition coefficient (Wildman–Crippen LogP) is 0.902. The number of hydrogen-bond acceptors (Lipinski definition) is 2. The van der Waals surface area contributed by atoms with Gasteiger partial charge < -0.3 is 15.0 Å². The third kappa shape index (κ3) is 4.39. The fourth-order valence-electron chi connectivity index (χ4n) is 2.66. The molecule has 0 aromatic heterocycles. The third-order valence-corrected chi connectivity index (χ3v) is 4.06. The first kappa shape index (κ1) is 15.1. The molecule has 2 N–H and O–H groups in total. The van der Waals surface area contributed by atoms with Crippen molar-refractivity contribution in [3.05, 3.63) is 29.3 Å². The van der Waals surface area contributed by atoms with Gasteiger partial charge in [-0.3, -0.25) is 4.79 Å². The lowest BCUT2D eigenvalue weighted by molar-refractivity contribution is -0.909. The Morgan fingerprint density at radius 1 is 1.45 bits per heavy atom. The van der Waals surface area contributed by atoms with Crippen molar-refractivity contribution < 1.29 is 14.4 Å². The maximum absolute atomic E-state index is 11.8. The standard InChI is InChI=1S/C15H21ClN2O2/c1-2-18-9-3-4-13(18)10-17-15(19)11-20-14-7-5-12(16)6-8-14/h5-8,13H,2-4,9-11H2,1H3,(H,17,19)/p+1/t13-/m0/s1. The second kappa shape index (κ2) is 7.50. The number of halogens is 1. The molecule has 0 bridgehead atoms. The summed E-state index contributed by atoms with van der Waals surface area (Å²) in [5.41, 5.74) is 0. The Hall–Kier alpha value is -1.26. The van der Waals surface area contributed by atoms with Crippen LogP contribution in [0.3, 0.4) is 0 Å². The van der Waals surface area contributed by atoms with E-state index in [4.69, 9.17) is 16.3 Å². The van der Waals surface area contributed by atoms with Crippen molar-refractivity contribution in [1.82, 2.24) is 5.32 Å². The van der Waals surface area contributed by atoms with Gasteiger partial charge in [-0.15, -0.1) is 0 Å². The number of amides is 1. The molecule has 1 aromatic rings. The van der Waals surface area contributed by atoms with E-state index in [9.17, 15) is 4.79 Å².